The number of hydrogen-bond donors (Lipinski definition) is 1. The number of anilines is 1. The molecule has 1 fully saturated rings. The van der Waals surface area contributed by atoms with E-state index in [-0.39, 0.29) is 11.8 Å². The lowest BCUT2D eigenvalue weighted by atomic mass is 10.1. The molecule has 0 aliphatic carbocycles. The molecule has 2 N–H and O–H groups in total. The Bertz CT molecular complexity index is 428. The molecule has 4 nitrogen and oxygen atoms in total. The maximum atomic E-state index is 12.5. The van der Waals surface area contributed by atoms with Gasteiger partial charge in [-0.15, -0.1) is 0 Å². The monoisotopic (exact) mass is 262 g/mol. The third kappa shape index (κ3) is 3.47. The van der Waals surface area contributed by atoms with Gasteiger partial charge in [0.1, 0.15) is 0 Å². The van der Waals surface area contributed by atoms with E-state index in [4.69, 9.17) is 10.5 Å². The summed E-state index contributed by atoms with van der Waals surface area (Å²) in [5.41, 5.74) is 7.72. The Labute approximate surface area is 114 Å². The van der Waals surface area contributed by atoms with Crippen molar-refractivity contribution in [1.82, 2.24) is 4.90 Å². The van der Waals surface area contributed by atoms with Crippen LogP contribution in [0.2, 0.25) is 0 Å². The van der Waals surface area contributed by atoms with Crippen molar-refractivity contribution in [2.45, 2.75) is 26.3 Å². The lowest BCUT2D eigenvalue weighted by Crippen LogP contribution is -2.36. The number of hydrogen-bond acceptors (Lipinski definition) is 3. The molecule has 1 amide bonds. The molecule has 0 saturated carbocycles. The summed E-state index contributed by atoms with van der Waals surface area (Å²) in [5.74, 6) is 0.221. The molecule has 1 atom stereocenters. The highest BCUT2D eigenvalue weighted by molar-refractivity contribution is 5.79. The minimum Gasteiger partial charge on any atom is -0.398 e. The zero-order chi connectivity index (χ0) is 13.7. The second-order valence-corrected chi connectivity index (χ2v) is 5.02. The maximum Gasteiger partial charge on any atom is 0.228 e. The van der Waals surface area contributed by atoms with Crippen LogP contribution in [0.5, 0.6) is 0 Å². The van der Waals surface area contributed by atoms with Crippen LogP contribution in [-0.4, -0.2) is 30.6 Å². The van der Waals surface area contributed by atoms with E-state index in [1.807, 2.05) is 29.2 Å². The number of nitrogens with two attached hydrogens (primary N) is 1. The number of amides is 1. The molecule has 0 spiro atoms. The van der Waals surface area contributed by atoms with E-state index in [0.717, 1.165) is 30.6 Å². The van der Waals surface area contributed by atoms with Crippen LogP contribution >= 0.6 is 0 Å². The van der Waals surface area contributed by atoms with Crippen LogP contribution in [-0.2, 0) is 16.1 Å². The molecular formula is C15H22N2O2. The molecule has 1 aromatic carbocycles. The lowest BCUT2D eigenvalue weighted by molar-refractivity contribution is -0.136. The number of para-hydroxylation sites is 1. The van der Waals surface area contributed by atoms with Crippen molar-refractivity contribution in [2.75, 3.05) is 25.5 Å². The van der Waals surface area contributed by atoms with E-state index in [1.165, 1.54) is 0 Å². The van der Waals surface area contributed by atoms with Gasteiger partial charge in [-0.2, -0.15) is 0 Å². The number of benzene rings is 1. The van der Waals surface area contributed by atoms with E-state index in [1.54, 1.807) is 0 Å². The summed E-state index contributed by atoms with van der Waals surface area (Å²) in [6.45, 7) is 4.70. The highest BCUT2D eigenvalue weighted by Gasteiger charge is 2.27. The van der Waals surface area contributed by atoms with Crippen molar-refractivity contribution in [1.29, 1.82) is 0 Å². The first kappa shape index (κ1) is 13.9. The third-order valence-corrected chi connectivity index (χ3v) is 3.50. The van der Waals surface area contributed by atoms with Crippen LogP contribution in [0.4, 0.5) is 5.69 Å². The summed E-state index contributed by atoms with van der Waals surface area (Å²) in [7, 11) is 0. The van der Waals surface area contributed by atoms with Crippen molar-refractivity contribution in [3.63, 3.8) is 0 Å². The van der Waals surface area contributed by atoms with Gasteiger partial charge in [-0.05, 0) is 24.5 Å². The van der Waals surface area contributed by atoms with Gasteiger partial charge in [0.15, 0.2) is 0 Å². The first-order chi connectivity index (χ1) is 9.22. The van der Waals surface area contributed by atoms with E-state index in [9.17, 15) is 4.79 Å². The molecule has 1 unspecified atom stereocenters. The Hall–Kier alpha value is -1.55. The second kappa shape index (κ2) is 6.57. The van der Waals surface area contributed by atoms with Gasteiger partial charge in [0.05, 0.1) is 12.5 Å². The molecular weight excluding hydrogens is 240 g/mol. The van der Waals surface area contributed by atoms with Gasteiger partial charge >= 0.3 is 0 Å². The fraction of sp³-hybridized carbons (Fsp3) is 0.533. The summed E-state index contributed by atoms with van der Waals surface area (Å²) >= 11 is 0. The van der Waals surface area contributed by atoms with Gasteiger partial charge in [-0.3, -0.25) is 4.79 Å². The smallest absolute Gasteiger partial charge is 0.228 e. The third-order valence-electron chi connectivity index (χ3n) is 3.50. The molecule has 0 aromatic heterocycles. The van der Waals surface area contributed by atoms with Crippen LogP contribution in [0.3, 0.4) is 0 Å². The van der Waals surface area contributed by atoms with Crippen LogP contribution in [0.1, 0.15) is 25.3 Å². The van der Waals surface area contributed by atoms with E-state index in [2.05, 4.69) is 6.92 Å². The molecule has 0 radical (unpaired) electrons. The minimum absolute atomic E-state index is 0.0245. The molecule has 1 aromatic rings. The van der Waals surface area contributed by atoms with Crippen LogP contribution < -0.4 is 5.73 Å². The average molecular weight is 262 g/mol. The van der Waals surface area contributed by atoms with Crippen LogP contribution in [0.25, 0.3) is 0 Å². The Morgan fingerprint density at radius 1 is 1.47 bits per heavy atom. The number of rotatable bonds is 5. The molecule has 2 rings (SSSR count). The number of carbonyl (C=O) groups excluding carboxylic acids is 1. The Kier molecular flexibility index (Phi) is 4.80. The highest BCUT2D eigenvalue weighted by Crippen LogP contribution is 2.19. The van der Waals surface area contributed by atoms with Gasteiger partial charge in [0.25, 0.3) is 0 Å². The van der Waals surface area contributed by atoms with Crippen molar-refractivity contribution in [2.24, 2.45) is 5.92 Å². The van der Waals surface area contributed by atoms with Gasteiger partial charge in [-0.25, -0.2) is 0 Å². The van der Waals surface area contributed by atoms with E-state index < -0.39 is 0 Å². The molecule has 4 heteroatoms. The van der Waals surface area contributed by atoms with Crippen LogP contribution in [0.15, 0.2) is 24.3 Å². The molecule has 19 heavy (non-hydrogen) atoms. The zero-order valence-corrected chi connectivity index (χ0v) is 11.5. The van der Waals surface area contributed by atoms with E-state index in [0.29, 0.717) is 19.8 Å². The predicted molar refractivity (Wildman–Crippen MR) is 75.5 cm³/mol. The normalized spacial score (nSPS) is 18.5. The van der Waals surface area contributed by atoms with Crippen molar-refractivity contribution < 1.29 is 9.53 Å². The average Bonchev–Trinajstić information content (AvgIpc) is 2.94. The first-order valence-corrected chi connectivity index (χ1v) is 6.92. The fourth-order valence-corrected chi connectivity index (χ4v) is 2.41. The Morgan fingerprint density at radius 2 is 2.26 bits per heavy atom. The Balaban J connectivity index is 2.07. The SMILES string of the molecule is CCCN(Cc1ccccc1N)C(=O)C1CCOC1. The number of carbonyl (C=O) groups is 1. The van der Waals surface area contributed by atoms with Gasteiger partial charge in [0, 0.05) is 25.4 Å². The molecule has 0 bridgehead atoms. The maximum absolute atomic E-state index is 12.5. The van der Waals surface area contributed by atoms with Crippen molar-refractivity contribution in [3.8, 4) is 0 Å². The number of nitrogen functional groups attached to an aromatic ring is 1. The fourth-order valence-electron chi connectivity index (χ4n) is 2.41. The zero-order valence-electron chi connectivity index (χ0n) is 11.5. The summed E-state index contributed by atoms with van der Waals surface area (Å²) in [4.78, 5) is 14.4. The lowest BCUT2D eigenvalue weighted by Gasteiger charge is -2.25. The van der Waals surface area contributed by atoms with Crippen molar-refractivity contribution >= 4 is 11.6 Å². The minimum atomic E-state index is 0.0245. The van der Waals surface area contributed by atoms with Crippen LogP contribution in [0, 0.1) is 5.92 Å². The standard InChI is InChI=1S/C15H22N2O2/c1-2-8-17(15(18)13-7-9-19-11-13)10-12-5-3-4-6-14(12)16/h3-6,13H,2,7-11,16H2,1H3. The highest BCUT2D eigenvalue weighted by atomic mass is 16.5. The van der Waals surface area contributed by atoms with E-state index >= 15 is 0 Å². The first-order valence-electron chi connectivity index (χ1n) is 6.92. The molecule has 1 aliphatic heterocycles. The summed E-state index contributed by atoms with van der Waals surface area (Å²) in [5, 5.41) is 0. The quantitative estimate of drug-likeness (QED) is 0.826. The molecule has 1 aliphatic rings. The van der Waals surface area contributed by atoms with Gasteiger partial charge in [-0.1, -0.05) is 25.1 Å². The number of nitrogens with zero attached hydrogens (tertiary/aromatic N) is 1. The summed E-state index contributed by atoms with van der Waals surface area (Å²) < 4.78 is 5.31. The molecule has 1 heterocycles. The second-order valence-electron chi connectivity index (χ2n) is 5.02. The largest absolute Gasteiger partial charge is 0.398 e. The van der Waals surface area contributed by atoms with Crippen molar-refractivity contribution in [3.05, 3.63) is 29.8 Å². The summed E-state index contributed by atoms with van der Waals surface area (Å²) in [6.07, 6.45) is 1.79. The molecule has 1 saturated heterocycles. The summed E-state index contributed by atoms with van der Waals surface area (Å²) in [6, 6.07) is 7.73. The van der Waals surface area contributed by atoms with Gasteiger partial charge < -0.3 is 15.4 Å². The topological polar surface area (TPSA) is 55.6 Å². The Morgan fingerprint density at radius 3 is 2.89 bits per heavy atom. The van der Waals surface area contributed by atoms with Gasteiger partial charge in [0.2, 0.25) is 5.91 Å². The predicted octanol–water partition coefficient (Wildman–Crippen LogP) is 2.04. The molecule has 104 valence electrons. The number of ether oxygens (including phenoxy) is 1.